The fourth-order valence-corrected chi connectivity index (χ4v) is 6.35. The lowest BCUT2D eigenvalue weighted by Gasteiger charge is -2.39. The van der Waals surface area contributed by atoms with E-state index in [-0.39, 0.29) is 51.5 Å². The van der Waals surface area contributed by atoms with Crippen molar-refractivity contribution >= 4 is 0 Å². The van der Waals surface area contributed by atoms with Crippen LogP contribution < -0.4 is 9.47 Å². The summed E-state index contributed by atoms with van der Waals surface area (Å²) in [6, 6.07) is 9.89. The normalized spacial score (nSPS) is 20.2. The molecule has 4 atom stereocenters. The highest BCUT2D eigenvalue weighted by Gasteiger charge is 2.40. The minimum absolute atomic E-state index is 0.0142. The second-order valence-corrected chi connectivity index (χ2v) is 17.8. The molecule has 2 aliphatic rings. The van der Waals surface area contributed by atoms with Gasteiger partial charge in [-0.2, -0.15) is 0 Å². The van der Waals surface area contributed by atoms with Crippen molar-refractivity contribution in [1.82, 2.24) is 0 Å². The van der Waals surface area contributed by atoms with Crippen LogP contribution in [-0.2, 0) is 36.5 Å². The number of hydrogen-bond acceptors (Lipinski definition) is 4. The van der Waals surface area contributed by atoms with Crippen LogP contribution in [0.25, 0.3) is 0 Å². The summed E-state index contributed by atoms with van der Waals surface area (Å²) in [6.07, 6.45) is 4.46. The summed E-state index contributed by atoms with van der Waals surface area (Å²) in [4.78, 5) is 0. The summed E-state index contributed by atoms with van der Waals surface area (Å²) in [7, 11) is 0. The third kappa shape index (κ3) is 7.75. The van der Waals surface area contributed by atoms with Gasteiger partial charge in [-0.25, -0.2) is 0 Å². The second-order valence-electron chi connectivity index (χ2n) is 17.8. The number of benzene rings is 2. The molecule has 0 radical (unpaired) electrons. The molecule has 0 aromatic heterocycles. The zero-order chi connectivity index (χ0) is 35.3. The molecule has 4 heteroatoms. The van der Waals surface area contributed by atoms with Crippen molar-refractivity contribution in [2.75, 3.05) is 13.2 Å². The van der Waals surface area contributed by atoms with Gasteiger partial charge in [0.2, 0.25) is 0 Å². The third-order valence-electron chi connectivity index (χ3n) is 12.4. The van der Waals surface area contributed by atoms with Crippen molar-refractivity contribution in [2.45, 2.75) is 188 Å². The highest BCUT2D eigenvalue weighted by molar-refractivity contribution is 5.58. The summed E-state index contributed by atoms with van der Waals surface area (Å²) in [5.74, 6) is 2.12. The number of ether oxygens (including phenoxy) is 4. The van der Waals surface area contributed by atoms with Crippen LogP contribution in [0.5, 0.6) is 11.5 Å². The van der Waals surface area contributed by atoms with Gasteiger partial charge in [0.25, 0.3) is 0 Å². The Balaban J connectivity index is 2.03. The average molecular weight is 649 g/mol. The monoisotopic (exact) mass is 649 g/mol. The van der Waals surface area contributed by atoms with Crippen LogP contribution in [0.4, 0.5) is 0 Å². The van der Waals surface area contributed by atoms with Gasteiger partial charge in [0, 0.05) is 27.7 Å². The third-order valence-corrected chi connectivity index (χ3v) is 12.4. The van der Waals surface area contributed by atoms with Crippen molar-refractivity contribution in [1.29, 1.82) is 0 Å². The molecule has 0 spiro atoms. The van der Waals surface area contributed by atoms with Crippen molar-refractivity contribution in [2.24, 2.45) is 0 Å². The number of hydrogen-bond donors (Lipinski definition) is 0. The maximum absolute atomic E-state index is 6.93. The molecule has 264 valence electrons. The topological polar surface area (TPSA) is 43.5 Å². The quantitative estimate of drug-likeness (QED) is 0.170. The SMILES string of the molecule is CCC(C)(C)c1cc(C(C)(C)c2cc(C(C)(C)CC)c(OC(C)C3CO3)c(C(C)(C)CC)c2)cc(C(C)(C)CC)c1OC(C)C1CO1. The van der Waals surface area contributed by atoms with Gasteiger partial charge in [-0.05, 0) is 72.3 Å². The van der Waals surface area contributed by atoms with E-state index in [0.717, 1.165) is 50.4 Å². The van der Waals surface area contributed by atoms with E-state index < -0.39 is 0 Å². The zero-order valence-corrected chi connectivity index (χ0v) is 33.0. The second kappa shape index (κ2) is 13.3. The summed E-state index contributed by atoms with van der Waals surface area (Å²) in [5, 5.41) is 0. The molecular formula is C43H68O4. The van der Waals surface area contributed by atoms with E-state index in [9.17, 15) is 0 Å². The Morgan fingerprint density at radius 3 is 0.957 bits per heavy atom. The van der Waals surface area contributed by atoms with E-state index in [1.54, 1.807) is 0 Å². The van der Waals surface area contributed by atoms with Crippen LogP contribution in [0.15, 0.2) is 24.3 Å². The molecule has 2 aromatic carbocycles. The first-order chi connectivity index (χ1) is 21.7. The van der Waals surface area contributed by atoms with Gasteiger partial charge < -0.3 is 18.9 Å². The summed E-state index contributed by atoms with van der Waals surface area (Å²) in [6.45, 7) is 38.8. The Bertz CT molecular complexity index is 1220. The minimum atomic E-state index is -0.276. The molecule has 2 fully saturated rings. The number of rotatable bonds is 16. The fourth-order valence-electron chi connectivity index (χ4n) is 6.35. The van der Waals surface area contributed by atoms with Crippen LogP contribution in [-0.4, -0.2) is 37.6 Å². The van der Waals surface area contributed by atoms with Crippen LogP contribution in [0, 0.1) is 0 Å². The van der Waals surface area contributed by atoms with E-state index in [4.69, 9.17) is 18.9 Å². The molecule has 4 rings (SSSR count). The molecule has 47 heavy (non-hydrogen) atoms. The molecular weight excluding hydrogens is 580 g/mol. The number of epoxide rings is 2. The molecule has 2 saturated heterocycles. The van der Waals surface area contributed by atoms with Crippen molar-refractivity contribution in [3.8, 4) is 11.5 Å². The van der Waals surface area contributed by atoms with Crippen LogP contribution in [0.1, 0.15) is 170 Å². The largest absolute Gasteiger partial charge is 0.487 e. The fraction of sp³-hybridized carbons (Fsp3) is 0.721. The molecule has 4 unspecified atom stereocenters. The lowest BCUT2D eigenvalue weighted by Crippen LogP contribution is -2.31. The first-order valence-corrected chi connectivity index (χ1v) is 18.6. The van der Waals surface area contributed by atoms with Crippen LogP contribution in [0.2, 0.25) is 0 Å². The highest BCUT2D eigenvalue weighted by atomic mass is 16.6. The van der Waals surface area contributed by atoms with Gasteiger partial charge >= 0.3 is 0 Å². The van der Waals surface area contributed by atoms with E-state index in [1.807, 2.05) is 0 Å². The molecule has 0 N–H and O–H groups in total. The predicted octanol–water partition coefficient (Wildman–Crippen LogP) is 11.1. The van der Waals surface area contributed by atoms with E-state index >= 15 is 0 Å². The van der Waals surface area contributed by atoms with Gasteiger partial charge in [0.15, 0.2) is 0 Å². The highest BCUT2D eigenvalue weighted by Crippen LogP contribution is 2.50. The van der Waals surface area contributed by atoms with Crippen LogP contribution in [0.3, 0.4) is 0 Å². The minimum Gasteiger partial charge on any atom is -0.487 e. The Kier molecular flexibility index (Phi) is 10.7. The first-order valence-electron chi connectivity index (χ1n) is 18.6. The Hall–Kier alpha value is -2.04. The van der Waals surface area contributed by atoms with Crippen molar-refractivity contribution in [3.05, 3.63) is 57.6 Å². The summed E-state index contributed by atoms with van der Waals surface area (Å²) in [5.41, 5.74) is 7.35. The molecule has 2 aromatic rings. The van der Waals surface area contributed by atoms with Crippen molar-refractivity contribution < 1.29 is 18.9 Å². The summed E-state index contributed by atoms with van der Waals surface area (Å²) < 4.78 is 25.2. The molecule has 2 heterocycles. The van der Waals surface area contributed by atoms with E-state index in [0.29, 0.717) is 0 Å². The van der Waals surface area contributed by atoms with E-state index in [1.165, 1.54) is 33.4 Å². The Morgan fingerprint density at radius 1 is 0.532 bits per heavy atom. The lowest BCUT2D eigenvalue weighted by atomic mass is 9.68. The molecule has 0 aliphatic carbocycles. The molecule has 0 bridgehead atoms. The lowest BCUT2D eigenvalue weighted by molar-refractivity contribution is 0.168. The van der Waals surface area contributed by atoms with Gasteiger partial charge in [-0.15, -0.1) is 0 Å². The zero-order valence-electron chi connectivity index (χ0n) is 33.0. The van der Waals surface area contributed by atoms with E-state index in [2.05, 4.69) is 135 Å². The van der Waals surface area contributed by atoms with Gasteiger partial charge in [-0.3, -0.25) is 0 Å². The average Bonchev–Trinajstić information content (AvgIpc) is 3.93. The first kappa shape index (κ1) is 37.8. The molecule has 2 aliphatic heterocycles. The standard InChI is InChI=1S/C43H68O4/c1-17-39(7,8)31-21-29(22-32(40(9,10)18-2)37(31)46-27(5)35-25-44-35)43(15,16)30-23-33(41(11,12)19-3)38(47-28(6)36-26-45-36)34(24-30)42(13,14)20-4/h21-24,27-28,35-36H,17-20,25-26H2,1-16H3. The predicted molar refractivity (Wildman–Crippen MR) is 198 cm³/mol. The Morgan fingerprint density at radius 2 is 0.766 bits per heavy atom. The molecule has 0 amide bonds. The van der Waals surface area contributed by atoms with Gasteiger partial charge in [0.1, 0.15) is 35.9 Å². The molecule has 0 saturated carbocycles. The maximum atomic E-state index is 6.93. The maximum Gasteiger partial charge on any atom is 0.127 e. The van der Waals surface area contributed by atoms with Crippen LogP contribution >= 0.6 is 0 Å². The smallest absolute Gasteiger partial charge is 0.127 e. The van der Waals surface area contributed by atoms with Gasteiger partial charge in [-0.1, -0.05) is 121 Å². The molecule has 4 nitrogen and oxygen atoms in total. The van der Waals surface area contributed by atoms with Gasteiger partial charge in [0.05, 0.1) is 13.2 Å². The van der Waals surface area contributed by atoms with Crippen molar-refractivity contribution in [3.63, 3.8) is 0 Å². The summed E-state index contributed by atoms with van der Waals surface area (Å²) >= 11 is 0. The Labute approximate surface area is 288 Å².